The summed E-state index contributed by atoms with van der Waals surface area (Å²) in [5.41, 5.74) is 2.27. The number of hydrogen-bond donors (Lipinski definition) is 0. The number of benzene rings is 2. The van der Waals surface area contributed by atoms with E-state index in [0.717, 1.165) is 5.56 Å². The molecule has 2 aromatic rings. The highest BCUT2D eigenvalue weighted by Crippen LogP contribution is 2.31. The minimum atomic E-state index is -3.35. The third kappa shape index (κ3) is 5.34. The molecule has 3 rings (SSSR count). The molecular weight excluding hydrogens is 434 g/mol. The topological polar surface area (TPSA) is 107 Å². The van der Waals surface area contributed by atoms with E-state index in [-0.39, 0.29) is 23.9 Å². The van der Waals surface area contributed by atoms with E-state index >= 15 is 0 Å². The third-order valence-electron chi connectivity index (χ3n) is 5.17. The van der Waals surface area contributed by atoms with Crippen molar-refractivity contribution in [2.24, 2.45) is 0 Å². The molecule has 0 spiro atoms. The van der Waals surface area contributed by atoms with Crippen molar-refractivity contribution in [2.75, 3.05) is 29.8 Å². The van der Waals surface area contributed by atoms with Gasteiger partial charge in [0.15, 0.2) is 24.8 Å². The molecule has 0 saturated carbocycles. The van der Waals surface area contributed by atoms with Gasteiger partial charge in [-0.1, -0.05) is 6.92 Å². The van der Waals surface area contributed by atoms with Crippen LogP contribution in [0.3, 0.4) is 0 Å². The average Bonchev–Trinajstić information content (AvgIpc) is 3.25. The van der Waals surface area contributed by atoms with E-state index in [4.69, 9.17) is 9.47 Å². The van der Waals surface area contributed by atoms with Crippen LogP contribution >= 0.6 is 0 Å². The number of carbonyl (C=O) groups is 3. The summed E-state index contributed by atoms with van der Waals surface area (Å²) in [4.78, 5) is 35.9. The molecule has 1 aliphatic rings. The average molecular weight is 460 g/mol. The predicted molar refractivity (Wildman–Crippen MR) is 119 cm³/mol. The zero-order chi connectivity index (χ0) is 23.3. The maximum absolute atomic E-state index is 12.4. The van der Waals surface area contributed by atoms with Gasteiger partial charge in [-0.25, -0.2) is 13.2 Å². The molecule has 1 heterocycles. The van der Waals surface area contributed by atoms with Gasteiger partial charge in [0.05, 0.1) is 11.4 Å². The van der Waals surface area contributed by atoms with Crippen LogP contribution in [0.5, 0.6) is 5.75 Å². The second kappa shape index (κ2) is 9.95. The van der Waals surface area contributed by atoms with Gasteiger partial charge in [-0.3, -0.25) is 13.9 Å². The van der Waals surface area contributed by atoms with E-state index in [1.54, 1.807) is 50.2 Å². The largest absolute Gasteiger partial charge is 0.482 e. The number of sulfonamides is 1. The van der Waals surface area contributed by atoms with Crippen molar-refractivity contribution in [1.82, 2.24) is 0 Å². The van der Waals surface area contributed by atoms with Crippen LogP contribution < -0.4 is 9.04 Å². The van der Waals surface area contributed by atoms with Gasteiger partial charge in [0.25, 0.3) is 0 Å². The number of hydrogen-bond acceptors (Lipinski definition) is 7. The smallest absolute Gasteiger partial charge is 0.344 e. The quantitative estimate of drug-likeness (QED) is 0.397. The highest BCUT2D eigenvalue weighted by Gasteiger charge is 2.28. The number of nitrogens with zero attached hydrogens (tertiary/aromatic N) is 1. The lowest BCUT2D eigenvalue weighted by atomic mass is 10.1. The maximum Gasteiger partial charge on any atom is 0.344 e. The zero-order valence-corrected chi connectivity index (χ0v) is 18.8. The molecule has 8 nitrogen and oxygen atoms in total. The molecule has 0 radical (unpaired) electrons. The van der Waals surface area contributed by atoms with Crippen LogP contribution in [0, 0.1) is 0 Å². The number of fused-ring (bicyclic) bond motifs is 1. The standard InChI is InChI=1S/C23H25NO7S/c1-3-21(25)16-5-8-19(9-6-16)30-15-23(27)31-14-22(26)18-7-10-20-17(13-18)11-12-24(20)32(28,29)4-2/h5-10,13H,3-4,11-12,14-15H2,1-2H3. The Labute approximate surface area is 187 Å². The fourth-order valence-corrected chi connectivity index (χ4v) is 4.50. The Kier molecular flexibility index (Phi) is 7.29. The summed E-state index contributed by atoms with van der Waals surface area (Å²) in [6, 6.07) is 11.2. The summed E-state index contributed by atoms with van der Waals surface area (Å²) in [5, 5.41) is 0. The molecule has 0 fully saturated rings. The Hall–Kier alpha value is -3.20. The summed E-state index contributed by atoms with van der Waals surface area (Å²) < 4.78 is 36.0. The first-order valence-corrected chi connectivity index (χ1v) is 11.9. The molecule has 0 N–H and O–H groups in total. The van der Waals surface area contributed by atoms with Gasteiger partial charge in [-0.05, 0) is 61.4 Å². The monoisotopic (exact) mass is 459 g/mol. The molecule has 0 unspecified atom stereocenters. The van der Waals surface area contributed by atoms with Crippen molar-refractivity contribution in [3.63, 3.8) is 0 Å². The van der Waals surface area contributed by atoms with Gasteiger partial charge in [0, 0.05) is 24.1 Å². The number of Topliss-reactive ketones (excluding diaryl/α,β-unsaturated/α-hetero) is 2. The van der Waals surface area contributed by atoms with Crippen molar-refractivity contribution < 1.29 is 32.3 Å². The number of esters is 1. The van der Waals surface area contributed by atoms with Gasteiger partial charge in [0.2, 0.25) is 10.0 Å². The van der Waals surface area contributed by atoms with Gasteiger partial charge >= 0.3 is 5.97 Å². The molecule has 0 aliphatic carbocycles. The highest BCUT2D eigenvalue weighted by molar-refractivity contribution is 7.92. The van der Waals surface area contributed by atoms with Gasteiger partial charge in [-0.2, -0.15) is 0 Å². The minimum absolute atomic E-state index is 0.00610. The molecule has 0 aromatic heterocycles. The van der Waals surface area contributed by atoms with E-state index in [0.29, 0.717) is 42.0 Å². The van der Waals surface area contributed by atoms with Crippen molar-refractivity contribution in [3.8, 4) is 5.75 Å². The fourth-order valence-electron chi connectivity index (χ4n) is 3.34. The zero-order valence-electron chi connectivity index (χ0n) is 18.0. The van der Waals surface area contributed by atoms with E-state index in [2.05, 4.69) is 0 Å². The van der Waals surface area contributed by atoms with E-state index in [1.807, 2.05) is 0 Å². The normalized spacial score (nSPS) is 12.9. The summed E-state index contributed by atoms with van der Waals surface area (Å²) in [7, 11) is -3.35. The molecule has 32 heavy (non-hydrogen) atoms. The fraction of sp³-hybridized carbons (Fsp3) is 0.348. The Balaban J connectivity index is 1.51. The van der Waals surface area contributed by atoms with Crippen molar-refractivity contribution >= 4 is 33.2 Å². The lowest BCUT2D eigenvalue weighted by Crippen LogP contribution is -2.30. The van der Waals surface area contributed by atoms with Crippen LogP contribution in [0.25, 0.3) is 0 Å². The van der Waals surface area contributed by atoms with Crippen LogP contribution in [0.15, 0.2) is 42.5 Å². The van der Waals surface area contributed by atoms with Crippen LogP contribution in [-0.2, 0) is 26.0 Å². The highest BCUT2D eigenvalue weighted by atomic mass is 32.2. The number of ether oxygens (including phenoxy) is 2. The lowest BCUT2D eigenvalue weighted by Gasteiger charge is -2.18. The lowest BCUT2D eigenvalue weighted by molar-refractivity contribution is -0.144. The van der Waals surface area contributed by atoms with Crippen LogP contribution in [-0.4, -0.2) is 51.5 Å². The summed E-state index contributed by atoms with van der Waals surface area (Å²) in [5.74, 6) is -0.660. The second-order valence-corrected chi connectivity index (χ2v) is 9.42. The Morgan fingerprint density at radius 2 is 1.62 bits per heavy atom. The molecule has 170 valence electrons. The summed E-state index contributed by atoms with van der Waals surface area (Å²) >= 11 is 0. The predicted octanol–water partition coefficient (Wildman–Crippen LogP) is 2.80. The number of ketones is 2. The maximum atomic E-state index is 12.4. The SMILES string of the molecule is CCC(=O)c1ccc(OCC(=O)OCC(=O)c2ccc3c(c2)CCN3S(=O)(=O)CC)cc1. The second-order valence-electron chi connectivity index (χ2n) is 7.24. The van der Waals surface area contributed by atoms with Crippen molar-refractivity contribution in [1.29, 1.82) is 0 Å². The van der Waals surface area contributed by atoms with Gasteiger partial charge in [-0.15, -0.1) is 0 Å². The summed E-state index contributed by atoms with van der Waals surface area (Å²) in [6.07, 6.45) is 0.923. The van der Waals surface area contributed by atoms with Crippen molar-refractivity contribution in [2.45, 2.75) is 26.7 Å². The molecular formula is C23H25NO7S. The molecule has 0 bridgehead atoms. The van der Waals surface area contributed by atoms with Gasteiger partial charge < -0.3 is 9.47 Å². The van der Waals surface area contributed by atoms with E-state index < -0.39 is 22.6 Å². The summed E-state index contributed by atoms with van der Waals surface area (Å²) in [6.45, 7) is 2.90. The van der Waals surface area contributed by atoms with Gasteiger partial charge in [0.1, 0.15) is 5.75 Å². The molecule has 2 aromatic carbocycles. The molecule has 1 aliphatic heterocycles. The van der Waals surface area contributed by atoms with Crippen LogP contribution in [0.4, 0.5) is 5.69 Å². The number of anilines is 1. The van der Waals surface area contributed by atoms with E-state index in [1.165, 1.54) is 10.4 Å². The minimum Gasteiger partial charge on any atom is -0.482 e. The Morgan fingerprint density at radius 3 is 2.28 bits per heavy atom. The first-order chi connectivity index (χ1) is 15.2. The van der Waals surface area contributed by atoms with Crippen LogP contribution in [0.1, 0.15) is 46.5 Å². The first-order valence-electron chi connectivity index (χ1n) is 10.3. The van der Waals surface area contributed by atoms with E-state index in [9.17, 15) is 22.8 Å². The molecule has 9 heteroatoms. The third-order valence-corrected chi connectivity index (χ3v) is 6.95. The Bertz CT molecular complexity index is 1120. The molecule has 0 amide bonds. The van der Waals surface area contributed by atoms with Crippen LogP contribution in [0.2, 0.25) is 0 Å². The van der Waals surface area contributed by atoms with Crippen molar-refractivity contribution in [3.05, 3.63) is 59.2 Å². The molecule has 0 saturated heterocycles. The number of rotatable bonds is 10. The first kappa shape index (κ1) is 23.5. The molecule has 0 atom stereocenters. The number of carbonyl (C=O) groups excluding carboxylic acids is 3. The Morgan fingerprint density at radius 1 is 0.938 bits per heavy atom.